The number of aromatic nitrogens is 3. The van der Waals surface area contributed by atoms with Crippen molar-refractivity contribution in [2.24, 2.45) is 0 Å². The fraction of sp³-hybridized carbons (Fsp3) is 0.786. The zero-order valence-electron chi connectivity index (χ0n) is 11.9. The Hall–Kier alpha value is -1.23. The van der Waals surface area contributed by atoms with Crippen LogP contribution in [0.25, 0.3) is 0 Å². The van der Waals surface area contributed by atoms with E-state index in [1.807, 2.05) is 13.8 Å². The van der Waals surface area contributed by atoms with Crippen LogP contribution in [0.3, 0.4) is 0 Å². The van der Waals surface area contributed by atoms with Crippen molar-refractivity contribution in [3.05, 3.63) is 11.4 Å². The average molecular weight is 261 g/mol. The first-order valence-corrected chi connectivity index (χ1v) is 7.41. The summed E-state index contributed by atoms with van der Waals surface area (Å²) >= 11 is 0. The molecule has 1 aliphatic carbocycles. The van der Waals surface area contributed by atoms with Gasteiger partial charge in [0.1, 0.15) is 0 Å². The number of piperidine rings is 1. The number of likely N-dealkylation sites (tertiary alicyclic amines) is 1. The first-order valence-electron chi connectivity index (χ1n) is 7.41. The smallest absolute Gasteiger partial charge is 0.243 e. The van der Waals surface area contributed by atoms with Gasteiger partial charge in [-0.2, -0.15) is 5.10 Å². The second kappa shape index (κ2) is 5.41. The lowest BCUT2D eigenvalue weighted by molar-refractivity contribution is 0.147. The predicted octanol–water partition coefficient (Wildman–Crippen LogP) is 1.92. The van der Waals surface area contributed by atoms with Gasteiger partial charge in [-0.25, -0.2) is 4.98 Å². The Labute approximate surface area is 114 Å². The van der Waals surface area contributed by atoms with Crippen LogP contribution in [0.15, 0.2) is 0 Å². The van der Waals surface area contributed by atoms with E-state index in [9.17, 15) is 0 Å². The Morgan fingerprint density at radius 3 is 2.68 bits per heavy atom. The van der Waals surface area contributed by atoms with Crippen molar-refractivity contribution >= 4 is 5.95 Å². The minimum absolute atomic E-state index is 0.645. The number of hydrogen-bond acceptors (Lipinski definition) is 5. The number of aryl methyl sites for hydroxylation is 2. The molecular formula is C14H23N5. The Kier molecular flexibility index (Phi) is 3.64. The lowest BCUT2D eigenvalue weighted by Gasteiger charge is -2.35. The molecule has 5 heteroatoms. The third-order valence-electron chi connectivity index (χ3n) is 4.28. The summed E-state index contributed by atoms with van der Waals surface area (Å²) in [5.74, 6) is 0.671. The molecule has 1 aromatic rings. The monoisotopic (exact) mass is 261 g/mol. The van der Waals surface area contributed by atoms with Crippen LogP contribution in [-0.4, -0.2) is 45.3 Å². The van der Waals surface area contributed by atoms with Gasteiger partial charge in [-0.05, 0) is 46.1 Å². The molecule has 1 atom stereocenters. The highest BCUT2D eigenvalue weighted by atomic mass is 15.3. The molecule has 2 heterocycles. The van der Waals surface area contributed by atoms with Crippen molar-refractivity contribution in [1.82, 2.24) is 20.1 Å². The zero-order chi connectivity index (χ0) is 13.2. The molecule has 2 aliphatic rings. The van der Waals surface area contributed by atoms with Crippen LogP contribution in [0.5, 0.6) is 0 Å². The normalized spacial score (nSPS) is 24.4. The summed E-state index contributed by atoms with van der Waals surface area (Å²) in [6.45, 7) is 6.13. The lowest BCUT2D eigenvalue weighted by Crippen LogP contribution is -2.45. The molecule has 5 nitrogen and oxygen atoms in total. The molecule has 0 radical (unpaired) electrons. The molecule has 104 valence electrons. The lowest BCUT2D eigenvalue weighted by atomic mass is 10.0. The molecule has 1 saturated carbocycles. The van der Waals surface area contributed by atoms with Crippen LogP contribution < -0.4 is 5.32 Å². The molecule has 1 aromatic heterocycles. The molecule has 1 unspecified atom stereocenters. The third-order valence-corrected chi connectivity index (χ3v) is 4.28. The van der Waals surface area contributed by atoms with Crippen LogP contribution in [0.2, 0.25) is 0 Å². The second-order valence-electron chi connectivity index (χ2n) is 5.81. The molecule has 0 bridgehead atoms. The number of nitrogens with one attached hydrogen (secondary N) is 1. The minimum Gasteiger partial charge on any atom is -0.351 e. The Bertz CT molecular complexity index is 443. The molecule has 0 amide bonds. The molecule has 0 spiro atoms. The van der Waals surface area contributed by atoms with E-state index in [0.717, 1.165) is 24.0 Å². The summed E-state index contributed by atoms with van der Waals surface area (Å²) in [7, 11) is 0. The van der Waals surface area contributed by atoms with Gasteiger partial charge in [0.25, 0.3) is 0 Å². The average Bonchev–Trinajstić information content (AvgIpc) is 3.25. The highest BCUT2D eigenvalue weighted by molar-refractivity contribution is 5.25. The van der Waals surface area contributed by atoms with Crippen molar-refractivity contribution in [2.45, 2.75) is 58.0 Å². The van der Waals surface area contributed by atoms with Crippen LogP contribution in [-0.2, 0) is 0 Å². The molecule has 1 N–H and O–H groups in total. The molecule has 1 saturated heterocycles. The van der Waals surface area contributed by atoms with Crippen molar-refractivity contribution in [1.29, 1.82) is 0 Å². The largest absolute Gasteiger partial charge is 0.351 e. The summed E-state index contributed by atoms with van der Waals surface area (Å²) in [6, 6.07) is 1.50. The number of anilines is 1. The Morgan fingerprint density at radius 1 is 1.11 bits per heavy atom. The van der Waals surface area contributed by atoms with Crippen LogP contribution in [0, 0.1) is 13.8 Å². The zero-order valence-corrected chi connectivity index (χ0v) is 11.9. The molecule has 19 heavy (non-hydrogen) atoms. The van der Waals surface area contributed by atoms with E-state index < -0.39 is 0 Å². The molecule has 1 aliphatic heterocycles. The highest BCUT2D eigenvalue weighted by Gasteiger charge is 2.35. The Morgan fingerprint density at radius 2 is 1.95 bits per heavy atom. The minimum atomic E-state index is 0.645. The summed E-state index contributed by atoms with van der Waals surface area (Å²) in [4.78, 5) is 7.12. The number of rotatable bonds is 4. The van der Waals surface area contributed by atoms with Crippen LogP contribution in [0.1, 0.15) is 43.5 Å². The van der Waals surface area contributed by atoms with E-state index in [4.69, 9.17) is 0 Å². The highest BCUT2D eigenvalue weighted by Crippen LogP contribution is 2.32. The van der Waals surface area contributed by atoms with E-state index in [2.05, 4.69) is 25.4 Å². The maximum absolute atomic E-state index is 4.44. The summed E-state index contributed by atoms with van der Waals surface area (Å²) < 4.78 is 0. The summed E-state index contributed by atoms with van der Waals surface area (Å²) in [5.41, 5.74) is 1.86. The van der Waals surface area contributed by atoms with Crippen molar-refractivity contribution < 1.29 is 0 Å². The second-order valence-corrected chi connectivity index (χ2v) is 5.81. The standard InChI is InChI=1S/C14H23N5/c1-10-11(2)17-18-14(16-10)15-9-13-5-3-4-8-19(13)12-6-7-12/h12-13H,3-9H2,1-2H3,(H,15,16,18). The molecule has 2 fully saturated rings. The Balaban J connectivity index is 1.59. The van der Waals surface area contributed by atoms with Gasteiger partial charge >= 0.3 is 0 Å². The molecule has 3 rings (SSSR count). The van der Waals surface area contributed by atoms with E-state index in [1.165, 1.54) is 38.6 Å². The summed E-state index contributed by atoms with van der Waals surface area (Å²) in [6.07, 6.45) is 6.77. The maximum atomic E-state index is 4.44. The van der Waals surface area contributed by atoms with Gasteiger partial charge in [0.05, 0.1) is 11.4 Å². The van der Waals surface area contributed by atoms with E-state index in [-0.39, 0.29) is 0 Å². The summed E-state index contributed by atoms with van der Waals surface area (Å²) in [5, 5.41) is 11.6. The van der Waals surface area contributed by atoms with Crippen molar-refractivity contribution in [3.8, 4) is 0 Å². The van der Waals surface area contributed by atoms with E-state index in [0.29, 0.717) is 12.0 Å². The topological polar surface area (TPSA) is 53.9 Å². The van der Waals surface area contributed by atoms with Gasteiger partial charge in [0, 0.05) is 18.6 Å². The van der Waals surface area contributed by atoms with Crippen molar-refractivity contribution in [2.75, 3.05) is 18.4 Å². The van der Waals surface area contributed by atoms with Gasteiger partial charge in [-0.3, -0.25) is 4.90 Å². The predicted molar refractivity (Wildman–Crippen MR) is 75.2 cm³/mol. The maximum Gasteiger partial charge on any atom is 0.243 e. The third kappa shape index (κ3) is 3.03. The van der Waals surface area contributed by atoms with Gasteiger partial charge in [-0.15, -0.1) is 5.10 Å². The number of nitrogens with zero attached hydrogens (tertiary/aromatic N) is 4. The first kappa shape index (κ1) is 12.8. The van der Waals surface area contributed by atoms with Gasteiger partial charge in [0.2, 0.25) is 5.95 Å². The van der Waals surface area contributed by atoms with Gasteiger partial charge in [0.15, 0.2) is 0 Å². The van der Waals surface area contributed by atoms with Crippen LogP contribution in [0.4, 0.5) is 5.95 Å². The fourth-order valence-electron chi connectivity index (χ4n) is 2.87. The van der Waals surface area contributed by atoms with E-state index >= 15 is 0 Å². The SMILES string of the molecule is Cc1nnc(NCC2CCCCN2C2CC2)nc1C. The number of hydrogen-bond donors (Lipinski definition) is 1. The first-order chi connectivity index (χ1) is 9.24. The van der Waals surface area contributed by atoms with Crippen LogP contribution >= 0.6 is 0 Å². The van der Waals surface area contributed by atoms with Crippen molar-refractivity contribution in [3.63, 3.8) is 0 Å². The van der Waals surface area contributed by atoms with E-state index in [1.54, 1.807) is 0 Å². The van der Waals surface area contributed by atoms with Gasteiger partial charge < -0.3 is 5.32 Å². The quantitative estimate of drug-likeness (QED) is 0.897. The fourth-order valence-corrected chi connectivity index (χ4v) is 2.87. The molecule has 0 aromatic carbocycles. The molecular weight excluding hydrogens is 238 g/mol. The van der Waals surface area contributed by atoms with Gasteiger partial charge in [-0.1, -0.05) is 6.42 Å².